The second-order valence-electron chi connectivity index (χ2n) is 8.21. The number of hydrogen-bond acceptors (Lipinski definition) is 2. The zero-order valence-electron chi connectivity index (χ0n) is 15.1. The van der Waals surface area contributed by atoms with Crippen LogP contribution >= 0.6 is 12.4 Å². The van der Waals surface area contributed by atoms with Crippen molar-refractivity contribution in [3.05, 3.63) is 35.4 Å². The lowest BCUT2D eigenvalue weighted by molar-refractivity contribution is -0.122. The standard InChI is InChI=1S/C20H30N2O.ClH/c1-14-4-6-16(7-5-14)20(2,3)13-21-19(23)12-15-10-17-8-9-18(11-15)22-17;/h4-7,15,17-18,22H,8-13H2,1-3H3,(H,21,23);1H. The van der Waals surface area contributed by atoms with Crippen molar-refractivity contribution in [2.75, 3.05) is 6.54 Å². The van der Waals surface area contributed by atoms with E-state index >= 15 is 0 Å². The second kappa shape index (κ2) is 7.88. The number of piperidine rings is 1. The summed E-state index contributed by atoms with van der Waals surface area (Å²) >= 11 is 0. The van der Waals surface area contributed by atoms with E-state index < -0.39 is 0 Å². The molecule has 0 spiro atoms. The molecule has 1 amide bonds. The highest BCUT2D eigenvalue weighted by atomic mass is 35.5. The maximum Gasteiger partial charge on any atom is 0.220 e. The molecule has 134 valence electrons. The molecular weight excluding hydrogens is 320 g/mol. The summed E-state index contributed by atoms with van der Waals surface area (Å²) in [6.07, 6.45) is 5.63. The van der Waals surface area contributed by atoms with Crippen molar-refractivity contribution in [1.29, 1.82) is 0 Å². The summed E-state index contributed by atoms with van der Waals surface area (Å²) in [7, 11) is 0. The molecule has 1 aromatic rings. The third-order valence-electron chi connectivity index (χ3n) is 5.61. The van der Waals surface area contributed by atoms with Gasteiger partial charge < -0.3 is 10.6 Å². The first-order valence-electron chi connectivity index (χ1n) is 9.02. The summed E-state index contributed by atoms with van der Waals surface area (Å²) in [5.74, 6) is 0.785. The summed E-state index contributed by atoms with van der Waals surface area (Å²) in [5.41, 5.74) is 2.52. The van der Waals surface area contributed by atoms with Crippen LogP contribution in [-0.2, 0) is 10.2 Å². The lowest BCUT2D eigenvalue weighted by Crippen LogP contribution is -2.41. The van der Waals surface area contributed by atoms with Crippen LogP contribution in [-0.4, -0.2) is 24.5 Å². The molecule has 2 heterocycles. The molecule has 24 heavy (non-hydrogen) atoms. The van der Waals surface area contributed by atoms with E-state index in [0.29, 0.717) is 31.0 Å². The minimum Gasteiger partial charge on any atom is -0.355 e. The number of aryl methyl sites for hydroxylation is 1. The highest BCUT2D eigenvalue weighted by Crippen LogP contribution is 2.32. The first kappa shape index (κ1) is 19.3. The Morgan fingerprint density at radius 3 is 2.33 bits per heavy atom. The molecule has 2 bridgehead atoms. The van der Waals surface area contributed by atoms with Crippen LogP contribution < -0.4 is 10.6 Å². The number of amides is 1. The van der Waals surface area contributed by atoms with Crippen molar-refractivity contribution in [3.63, 3.8) is 0 Å². The fourth-order valence-corrected chi connectivity index (χ4v) is 4.10. The molecule has 3 rings (SSSR count). The van der Waals surface area contributed by atoms with Crippen LogP contribution in [0.3, 0.4) is 0 Å². The fourth-order valence-electron chi connectivity index (χ4n) is 4.10. The predicted molar refractivity (Wildman–Crippen MR) is 102 cm³/mol. The lowest BCUT2D eigenvalue weighted by atomic mass is 9.84. The Balaban J connectivity index is 0.00000208. The average Bonchev–Trinajstić information content (AvgIpc) is 2.85. The van der Waals surface area contributed by atoms with Crippen molar-refractivity contribution in [3.8, 4) is 0 Å². The molecule has 2 atom stereocenters. The SMILES string of the molecule is Cc1ccc(C(C)(C)CNC(=O)CC2CC3CCC(C2)N3)cc1.Cl. The van der Waals surface area contributed by atoms with E-state index in [1.807, 2.05) is 0 Å². The Morgan fingerprint density at radius 1 is 1.17 bits per heavy atom. The van der Waals surface area contributed by atoms with Crippen molar-refractivity contribution >= 4 is 18.3 Å². The fraction of sp³-hybridized carbons (Fsp3) is 0.650. The number of hydrogen-bond donors (Lipinski definition) is 2. The van der Waals surface area contributed by atoms with Gasteiger partial charge in [-0.25, -0.2) is 0 Å². The van der Waals surface area contributed by atoms with Crippen LogP contribution in [0.15, 0.2) is 24.3 Å². The molecule has 2 N–H and O–H groups in total. The van der Waals surface area contributed by atoms with Gasteiger partial charge in [-0.1, -0.05) is 43.7 Å². The van der Waals surface area contributed by atoms with Crippen molar-refractivity contribution in [2.45, 2.75) is 70.4 Å². The third kappa shape index (κ3) is 4.73. The molecule has 4 heteroatoms. The minimum atomic E-state index is -0.0312. The van der Waals surface area contributed by atoms with Crippen LogP contribution in [0.1, 0.15) is 57.1 Å². The molecule has 0 aliphatic carbocycles. The Kier molecular flexibility index (Phi) is 6.33. The van der Waals surface area contributed by atoms with Gasteiger partial charge in [-0.15, -0.1) is 12.4 Å². The quantitative estimate of drug-likeness (QED) is 0.849. The van der Waals surface area contributed by atoms with Gasteiger partial charge in [0.25, 0.3) is 0 Å². The normalized spacial score (nSPS) is 25.9. The van der Waals surface area contributed by atoms with Gasteiger partial charge in [-0.2, -0.15) is 0 Å². The smallest absolute Gasteiger partial charge is 0.220 e. The first-order chi connectivity index (χ1) is 10.9. The highest BCUT2D eigenvalue weighted by molar-refractivity contribution is 5.85. The zero-order valence-corrected chi connectivity index (χ0v) is 15.9. The molecule has 3 nitrogen and oxygen atoms in total. The molecule has 2 saturated heterocycles. The predicted octanol–water partition coefficient (Wildman–Crippen LogP) is 3.73. The average molecular weight is 351 g/mol. The van der Waals surface area contributed by atoms with Crippen LogP contribution in [0.25, 0.3) is 0 Å². The molecule has 2 unspecified atom stereocenters. The summed E-state index contributed by atoms with van der Waals surface area (Å²) in [6, 6.07) is 9.96. The number of benzene rings is 1. The van der Waals surface area contributed by atoms with Crippen molar-refractivity contribution in [1.82, 2.24) is 10.6 Å². The Bertz CT molecular complexity index is 543. The third-order valence-corrected chi connectivity index (χ3v) is 5.61. The van der Waals surface area contributed by atoms with Gasteiger partial charge in [-0.3, -0.25) is 4.79 Å². The van der Waals surface area contributed by atoms with Gasteiger partial charge in [0.15, 0.2) is 0 Å². The van der Waals surface area contributed by atoms with E-state index in [1.54, 1.807) is 0 Å². The van der Waals surface area contributed by atoms with Gasteiger partial charge in [0.2, 0.25) is 5.91 Å². The highest BCUT2D eigenvalue weighted by Gasteiger charge is 2.34. The number of carbonyl (C=O) groups excluding carboxylic acids is 1. The minimum absolute atomic E-state index is 0. The van der Waals surface area contributed by atoms with Gasteiger partial charge in [0, 0.05) is 30.5 Å². The largest absolute Gasteiger partial charge is 0.355 e. The van der Waals surface area contributed by atoms with Crippen LogP contribution in [0, 0.1) is 12.8 Å². The molecule has 2 fully saturated rings. The van der Waals surface area contributed by atoms with E-state index in [-0.39, 0.29) is 23.7 Å². The van der Waals surface area contributed by atoms with Gasteiger partial charge in [-0.05, 0) is 44.1 Å². The van der Waals surface area contributed by atoms with Crippen molar-refractivity contribution in [2.24, 2.45) is 5.92 Å². The van der Waals surface area contributed by atoms with E-state index in [0.717, 1.165) is 0 Å². The molecular formula is C20H31ClN2O. The van der Waals surface area contributed by atoms with Gasteiger partial charge in [0.1, 0.15) is 0 Å². The van der Waals surface area contributed by atoms with E-state index in [1.165, 1.54) is 36.8 Å². The summed E-state index contributed by atoms with van der Waals surface area (Å²) in [5, 5.41) is 6.82. The zero-order chi connectivity index (χ0) is 16.4. The monoisotopic (exact) mass is 350 g/mol. The maximum absolute atomic E-state index is 12.3. The molecule has 2 aliphatic rings. The van der Waals surface area contributed by atoms with E-state index in [4.69, 9.17) is 0 Å². The van der Waals surface area contributed by atoms with Crippen LogP contribution in [0.2, 0.25) is 0 Å². The first-order valence-corrected chi connectivity index (χ1v) is 9.02. The molecule has 0 aromatic heterocycles. The van der Waals surface area contributed by atoms with Crippen LogP contribution in [0.4, 0.5) is 0 Å². The number of halogens is 1. The second-order valence-corrected chi connectivity index (χ2v) is 8.21. The number of nitrogens with one attached hydrogen (secondary N) is 2. The Morgan fingerprint density at radius 2 is 1.75 bits per heavy atom. The maximum atomic E-state index is 12.3. The Labute approximate surface area is 152 Å². The molecule has 0 saturated carbocycles. The summed E-state index contributed by atoms with van der Waals surface area (Å²) < 4.78 is 0. The Hall–Kier alpha value is -1.06. The lowest BCUT2D eigenvalue weighted by Gasteiger charge is -2.30. The van der Waals surface area contributed by atoms with Gasteiger partial charge >= 0.3 is 0 Å². The molecule has 2 aliphatic heterocycles. The molecule has 0 radical (unpaired) electrons. The summed E-state index contributed by atoms with van der Waals surface area (Å²) in [4.78, 5) is 12.3. The van der Waals surface area contributed by atoms with E-state index in [2.05, 4.69) is 55.7 Å². The van der Waals surface area contributed by atoms with Gasteiger partial charge in [0.05, 0.1) is 0 Å². The van der Waals surface area contributed by atoms with Crippen molar-refractivity contribution < 1.29 is 4.79 Å². The van der Waals surface area contributed by atoms with E-state index in [9.17, 15) is 4.79 Å². The van der Waals surface area contributed by atoms with Crippen LogP contribution in [0.5, 0.6) is 0 Å². The summed E-state index contributed by atoms with van der Waals surface area (Å²) in [6.45, 7) is 7.20. The number of carbonyl (C=O) groups is 1. The number of rotatable bonds is 5. The molecule has 1 aromatic carbocycles. The number of fused-ring (bicyclic) bond motifs is 2. The topological polar surface area (TPSA) is 41.1 Å².